The minimum Gasteiger partial charge on any atom is -0.494 e. The van der Waals surface area contributed by atoms with E-state index >= 15 is 0 Å². The molecule has 0 aliphatic heterocycles. The Bertz CT molecular complexity index is 1210. The molecule has 0 atom stereocenters. The number of rotatable bonds is 5. The summed E-state index contributed by atoms with van der Waals surface area (Å²) < 4.78 is 7.24. The van der Waals surface area contributed by atoms with E-state index in [4.69, 9.17) is 4.74 Å². The number of aromatic nitrogens is 4. The number of anilines is 1. The molecule has 29 heavy (non-hydrogen) atoms. The first-order chi connectivity index (χ1) is 13.8. The third kappa shape index (κ3) is 3.63. The molecule has 0 unspecified atom stereocenters. The van der Waals surface area contributed by atoms with Crippen molar-refractivity contribution in [1.82, 2.24) is 19.3 Å². The largest absolute Gasteiger partial charge is 0.494 e. The molecule has 2 heterocycles. The first-order valence-corrected chi connectivity index (χ1v) is 9.58. The number of hydrogen-bond acceptors (Lipinski definition) is 8. The van der Waals surface area contributed by atoms with E-state index in [1.54, 1.807) is 24.3 Å². The van der Waals surface area contributed by atoms with Crippen LogP contribution >= 0.6 is 11.3 Å². The normalized spacial score (nSPS) is 13.3. The van der Waals surface area contributed by atoms with E-state index in [9.17, 15) is 19.5 Å². The molecule has 4 rings (SSSR count). The average Bonchev–Trinajstić information content (AvgIpc) is 3.46. The maximum atomic E-state index is 12.5. The zero-order valence-corrected chi connectivity index (χ0v) is 16.4. The van der Waals surface area contributed by atoms with Crippen LogP contribution in [0, 0.1) is 0 Å². The smallest absolute Gasteiger partial charge is 0.333 e. The number of nitrogens with one attached hydrogen (secondary N) is 1. The molecule has 1 saturated carbocycles. The highest BCUT2D eigenvalue weighted by Gasteiger charge is 2.28. The van der Waals surface area contributed by atoms with Crippen molar-refractivity contribution >= 4 is 22.9 Å². The van der Waals surface area contributed by atoms with E-state index in [0.29, 0.717) is 22.5 Å². The third-order valence-electron chi connectivity index (χ3n) is 4.53. The molecule has 1 aliphatic rings. The van der Waals surface area contributed by atoms with Crippen molar-refractivity contribution in [2.24, 2.45) is 14.1 Å². The summed E-state index contributed by atoms with van der Waals surface area (Å²) >= 11 is 1.41. The third-order valence-corrected chi connectivity index (χ3v) is 5.49. The molecule has 0 saturated heterocycles. The van der Waals surface area contributed by atoms with Gasteiger partial charge in [-0.15, -0.1) is 5.10 Å². The number of ether oxygens (including phenoxy) is 1. The van der Waals surface area contributed by atoms with Gasteiger partial charge in [0.15, 0.2) is 5.56 Å². The Morgan fingerprint density at radius 3 is 2.52 bits per heavy atom. The molecular weight excluding hydrogens is 398 g/mol. The number of amides is 1. The monoisotopic (exact) mass is 415 g/mol. The number of nitrogens with zero attached hydrogens (tertiary/aromatic N) is 4. The van der Waals surface area contributed by atoms with Crippen LogP contribution in [-0.4, -0.2) is 30.3 Å². The molecule has 3 aromatic rings. The highest BCUT2D eigenvalue weighted by Crippen LogP contribution is 2.43. The average molecular weight is 415 g/mol. The Morgan fingerprint density at radius 2 is 1.86 bits per heavy atom. The van der Waals surface area contributed by atoms with Gasteiger partial charge in [-0.05, 0) is 37.1 Å². The molecule has 11 heteroatoms. The lowest BCUT2D eigenvalue weighted by atomic mass is 10.2. The fourth-order valence-electron chi connectivity index (χ4n) is 2.69. The molecule has 2 aromatic heterocycles. The fourth-order valence-corrected chi connectivity index (χ4v) is 3.57. The van der Waals surface area contributed by atoms with Crippen molar-refractivity contribution < 1.29 is 14.6 Å². The summed E-state index contributed by atoms with van der Waals surface area (Å²) in [5.74, 6) is -0.504. The predicted octanol–water partition coefficient (Wildman–Crippen LogP) is 1.56. The van der Waals surface area contributed by atoms with Crippen molar-refractivity contribution in [3.63, 3.8) is 0 Å². The van der Waals surface area contributed by atoms with Gasteiger partial charge in [0.2, 0.25) is 5.88 Å². The summed E-state index contributed by atoms with van der Waals surface area (Å²) in [6, 6.07) is 6.43. The van der Waals surface area contributed by atoms with E-state index in [2.05, 4.69) is 15.5 Å². The SMILES string of the molecule is Cn1c(O)c(C(=O)Nc2ccc(Oc3nnc(C4CC4)s3)cc2)c(=O)n(C)c1=O. The Balaban J connectivity index is 1.49. The Hall–Kier alpha value is -3.47. The van der Waals surface area contributed by atoms with Gasteiger partial charge >= 0.3 is 5.69 Å². The maximum absolute atomic E-state index is 12.5. The lowest BCUT2D eigenvalue weighted by molar-refractivity contribution is 0.102. The topological polar surface area (TPSA) is 128 Å². The molecule has 0 radical (unpaired) electrons. The Kier molecular flexibility index (Phi) is 4.66. The molecule has 150 valence electrons. The molecule has 1 aromatic carbocycles. The van der Waals surface area contributed by atoms with Gasteiger partial charge in [-0.2, -0.15) is 0 Å². The van der Waals surface area contributed by atoms with Crippen LogP contribution in [0.2, 0.25) is 0 Å². The highest BCUT2D eigenvalue weighted by atomic mass is 32.1. The van der Waals surface area contributed by atoms with Crippen LogP contribution in [0.15, 0.2) is 33.9 Å². The van der Waals surface area contributed by atoms with Crippen LogP contribution in [-0.2, 0) is 14.1 Å². The van der Waals surface area contributed by atoms with Crippen LogP contribution in [0.1, 0.15) is 34.1 Å². The van der Waals surface area contributed by atoms with Crippen LogP contribution in [0.25, 0.3) is 0 Å². The molecular formula is C18H17N5O5S. The second kappa shape index (κ2) is 7.17. The van der Waals surface area contributed by atoms with Crippen LogP contribution in [0.5, 0.6) is 16.8 Å². The number of aromatic hydroxyl groups is 1. The van der Waals surface area contributed by atoms with Gasteiger partial charge in [-0.3, -0.25) is 18.7 Å². The van der Waals surface area contributed by atoms with E-state index in [1.165, 1.54) is 25.4 Å². The summed E-state index contributed by atoms with van der Waals surface area (Å²) in [6.07, 6.45) is 2.27. The van der Waals surface area contributed by atoms with Crippen molar-refractivity contribution in [1.29, 1.82) is 0 Å². The van der Waals surface area contributed by atoms with Gasteiger partial charge in [-0.1, -0.05) is 16.4 Å². The quantitative estimate of drug-likeness (QED) is 0.647. The molecule has 10 nitrogen and oxygen atoms in total. The summed E-state index contributed by atoms with van der Waals surface area (Å²) in [5.41, 5.74) is -1.75. The van der Waals surface area contributed by atoms with Crippen LogP contribution in [0.4, 0.5) is 5.69 Å². The molecule has 1 fully saturated rings. The van der Waals surface area contributed by atoms with Crippen molar-refractivity contribution in [3.05, 3.63) is 55.7 Å². The second-order valence-corrected chi connectivity index (χ2v) is 7.64. The maximum Gasteiger partial charge on any atom is 0.333 e. The molecule has 1 aliphatic carbocycles. The fraction of sp³-hybridized carbons (Fsp3) is 0.278. The first-order valence-electron chi connectivity index (χ1n) is 8.77. The van der Waals surface area contributed by atoms with Crippen molar-refractivity contribution in [3.8, 4) is 16.8 Å². The molecule has 0 bridgehead atoms. The lowest BCUT2D eigenvalue weighted by Crippen LogP contribution is -2.40. The number of hydrogen-bond donors (Lipinski definition) is 2. The summed E-state index contributed by atoms with van der Waals surface area (Å²) in [5, 5.41) is 22.1. The van der Waals surface area contributed by atoms with Crippen molar-refractivity contribution in [2.45, 2.75) is 18.8 Å². The zero-order chi connectivity index (χ0) is 20.7. The Labute approximate surface area is 168 Å². The van der Waals surface area contributed by atoms with Gasteiger partial charge in [0.1, 0.15) is 10.8 Å². The van der Waals surface area contributed by atoms with E-state index in [1.807, 2.05) is 0 Å². The van der Waals surface area contributed by atoms with Gasteiger partial charge in [0, 0.05) is 25.7 Å². The molecule has 1 amide bonds. The van der Waals surface area contributed by atoms with Crippen LogP contribution < -0.4 is 21.3 Å². The molecule has 2 N–H and O–H groups in total. The first kappa shape index (κ1) is 18.9. The van der Waals surface area contributed by atoms with E-state index < -0.39 is 28.6 Å². The highest BCUT2D eigenvalue weighted by molar-refractivity contribution is 7.13. The van der Waals surface area contributed by atoms with Gasteiger partial charge in [0.05, 0.1) is 0 Å². The van der Waals surface area contributed by atoms with E-state index in [0.717, 1.165) is 27.0 Å². The van der Waals surface area contributed by atoms with Crippen LogP contribution in [0.3, 0.4) is 0 Å². The Morgan fingerprint density at radius 1 is 1.17 bits per heavy atom. The van der Waals surface area contributed by atoms with Crippen molar-refractivity contribution in [2.75, 3.05) is 5.32 Å². The summed E-state index contributed by atoms with van der Waals surface area (Å²) in [7, 11) is 2.50. The van der Waals surface area contributed by atoms with Gasteiger partial charge in [-0.25, -0.2) is 4.79 Å². The number of carbonyl (C=O) groups is 1. The molecule has 0 spiro atoms. The van der Waals surface area contributed by atoms with Gasteiger partial charge in [0.25, 0.3) is 16.7 Å². The second-order valence-electron chi connectivity index (χ2n) is 6.67. The van der Waals surface area contributed by atoms with Gasteiger partial charge < -0.3 is 15.2 Å². The van der Waals surface area contributed by atoms with E-state index in [-0.39, 0.29) is 0 Å². The number of carbonyl (C=O) groups excluding carboxylic acids is 1. The summed E-state index contributed by atoms with van der Waals surface area (Å²) in [4.78, 5) is 36.5. The lowest BCUT2D eigenvalue weighted by Gasteiger charge is -2.11. The minimum atomic E-state index is -0.884. The predicted molar refractivity (Wildman–Crippen MR) is 105 cm³/mol. The zero-order valence-electron chi connectivity index (χ0n) is 15.6. The standard InChI is InChI=1S/C18H17N5O5S/c1-22-15(25)12(16(26)23(2)18(22)27)13(24)19-10-5-7-11(8-6-10)28-17-21-20-14(29-17)9-3-4-9/h5-9,25H,3-4H2,1-2H3,(H,19,24). The number of benzene rings is 1. The minimum absolute atomic E-state index is 0.383. The summed E-state index contributed by atoms with van der Waals surface area (Å²) in [6.45, 7) is 0.